The molecule has 1 heterocycles. The summed E-state index contributed by atoms with van der Waals surface area (Å²) in [4.78, 5) is 14.4. The number of halogens is 1. The molecule has 22 heavy (non-hydrogen) atoms. The van der Waals surface area contributed by atoms with Gasteiger partial charge >= 0.3 is 0 Å². The minimum absolute atomic E-state index is 0. The molecule has 124 valence electrons. The Morgan fingerprint density at radius 1 is 1.23 bits per heavy atom. The van der Waals surface area contributed by atoms with E-state index in [4.69, 9.17) is 5.73 Å². The van der Waals surface area contributed by atoms with Crippen LogP contribution in [-0.2, 0) is 11.2 Å². The molecule has 1 aromatic rings. The molecular formula is C18H29ClN2O. The minimum Gasteiger partial charge on any atom is -0.341 e. The van der Waals surface area contributed by atoms with E-state index in [1.165, 1.54) is 0 Å². The maximum absolute atomic E-state index is 12.5. The zero-order valence-corrected chi connectivity index (χ0v) is 14.7. The van der Waals surface area contributed by atoms with Crippen LogP contribution in [0.4, 0.5) is 0 Å². The summed E-state index contributed by atoms with van der Waals surface area (Å²) in [7, 11) is 0. The van der Waals surface area contributed by atoms with Crippen LogP contribution in [0.25, 0.3) is 0 Å². The van der Waals surface area contributed by atoms with Crippen molar-refractivity contribution in [3.05, 3.63) is 35.9 Å². The molecule has 1 atom stereocenters. The zero-order valence-electron chi connectivity index (χ0n) is 13.9. The fraction of sp³-hybridized carbons (Fsp3) is 0.611. The van der Waals surface area contributed by atoms with Gasteiger partial charge in [-0.05, 0) is 36.2 Å². The minimum atomic E-state index is -0.418. The average Bonchev–Trinajstić information content (AvgIpc) is 2.46. The molecule has 0 aliphatic carbocycles. The van der Waals surface area contributed by atoms with Crippen LogP contribution in [0, 0.1) is 11.3 Å². The second kappa shape index (κ2) is 7.98. The monoisotopic (exact) mass is 324 g/mol. The molecule has 1 aliphatic rings. The molecule has 1 aromatic carbocycles. The van der Waals surface area contributed by atoms with Crippen molar-refractivity contribution in [2.45, 2.75) is 46.1 Å². The summed E-state index contributed by atoms with van der Waals surface area (Å²) in [6.45, 7) is 8.56. The highest BCUT2D eigenvalue weighted by Gasteiger charge is 2.31. The Morgan fingerprint density at radius 3 is 2.27 bits per heavy atom. The van der Waals surface area contributed by atoms with Crippen molar-refractivity contribution in [1.29, 1.82) is 0 Å². The Morgan fingerprint density at radius 2 is 1.77 bits per heavy atom. The van der Waals surface area contributed by atoms with Crippen molar-refractivity contribution in [3.63, 3.8) is 0 Å². The van der Waals surface area contributed by atoms with E-state index < -0.39 is 6.04 Å². The molecule has 0 aromatic heterocycles. The first kappa shape index (κ1) is 19.0. The lowest BCUT2D eigenvalue weighted by Crippen LogP contribution is -2.49. The van der Waals surface area contributed by atoms with Gasteiger partial charge in [0.25, 0.3) is 0 Å². The van der Waals surface area contributed by atoms with Gasteiger partial charge in [0.1, 0.15) is 0 Å². The van der Waals surface area contributed by atoms with E-state index in [0.717, 1.165) is 31.5 Å². The number of rotatable bonds is 3. The van der Waals surface area contributed by atoms with Crippen LogP contribution < -0.4 is 5.73 Å². The average molecular weight is 325 g/mol. The number of amides is 1. The lowest BCUT2D eigenvalue weighted by molar-refractivity contribution is -0.134. The molecule has 3 nitrogen and oxygen atoms in total. The SMILES string of the molecule is CC(C)(C)C1CCN(C(=O)[C@@H](N)Cc2ccccc2)CC1.Cl. The van der Waals surface area contributed by atoms with Crippen molar-refractivity contribution in [3.8, 4) is 0 Å². The molecule has 2 rings (SSSR count). The second-order valence-corrected chi connectivity index (χ2v) is 7.26. The summed E-state index contributed by atoms with van der Waals surface area (Å²) < 4.78 is 0. The smallest absolute Gasteiger partial charge is 0.239 e. The van der Waals surface area contributed by atoms with E-state index in [9.17, 15) is 4.79 Å². The molecule has 1 amide bonds. The van der Waals surface area contributed by atoms with E-state index >= 15 is 0 Å². The third-order valence-electron chi connectivity index (χ3n) is 4.65. The summed E-state index contributed by atoms with van der Waals surface area (Å²) >= 11 is 0. The predicted octanol–water partition coefficient (Wildman–Crippen LogP) is 3.26. The first-order chi connectivity index (χ1) is 9.88. The largest absolute Gasteiger partial charge is 0.341 e. The fourth-order valence-electron chi connectivity index (χ4n) is 3.16. The van der Waals surface area contributed by atoms with Crippen LogP contribution in [0.2, 0.25) is 0 Å². The Hall–Kier alpha value is -1.06. The topological polar surface area (TPSA) is 46.3 Å². The summed E-state index contributed by atoms with van der Waals surface area (Å²) in [6.07, 6.45) is 2.81. The van der Waals surface area contributed by atoms with Crippen LogP contribution in [-0.4, -0.2) is 29.9 Å². The van der Waals surface area contributed by atoms with Gasteiger partial charge in [-0.2, -0.15) is 0 Å². The quantitative estimate of drug-likeness (QED) is 0.927. The molecule has 2 N–H and O–H groups in total. The zero-order chi connectivity index (χ0) is 15.5. The van der Waals surface area contributed by atoms with E-state index in [-0.39, 0.29) is 18.3 Å². The van der Waals surface area contributed by atoms with Gasteiger partial charge in [0, 0.05) is 13.1 Å². The van der Waals surface area contributed by atoms with E-state index in [2.05, 4.69) is 20.8 Å². The maximum Gasteiger partial charge on any atom is 0.239 e. The number of likely N-dealkylation sites (tertiary alicyclic amines) is 1. The molecule has 0 radical (unpaired) electrons. The lowest BCUT2D eigenvalue weighted by Gasteiger charge is -2.39. The molecule has 0 bridgehead atoms. The molecule has 1 saturated heterocycles. The van der Waals surface area contributed by atoms with Crippen molar-refractivity contribution in [2.75, 3.05) is 13.1 Å². The summed E-state index contributed by atoms with van der Waals surface area (Å²) in [5, 5.41) is 0. The number of nitrogens with two attached hydrogens (primary N) is 1. The third kappa shape index (κ3) is 4.99. The van der Waals surface area contributed by atoms with E-state index in [1.54, 1.807) is 0 Å². The highest BCUT2D eigenvalue weighted by atomic mass is 35.5. The van der Waals surface area contributed by atoms with Crippen LogP contribution >= 0.6 is 12.4 Å². The first-order valence-electron chi connectivity index (χ1n) is 7.96. The second-order valence-electron chi connectivity index (χ2n) is 7.26. The molecule has 0 unspecified atom stereocenters. The van der Waals surface area contributed by atoms with Gasteiger partial charge in [-0.25, -0.2) is 0 Å². The standard InChI is InChI=1S/C18H28N2O.ClH/c1-18(2,3)15-9-11-20(12-10-15)17(21)16(19)13-14-7-5-4-6-8-14;/h4-8,15-16H,9-13,19H2,1-3H3;1H/t16-;/m0./s1. The Balaban J connectivity index is 0.00000242. The number of piperidine rings is 1. The van der Waals surface area contributed by atoms with Crippen molar-refractivity contribution in [1.82, 2.24) is 4.90 Å². The molecule has 4 heteroatoms. The van der Waals surface area contributed by atoms with E-state index in [1.807, 2.05) is 35.2 Å². The Kier molecular flexibility index (Phi) is 6.89. The van der Waals surface area contributed by atoms with Gasteiger partial charge in [0.2, 0.25) is 5.91 Å². The van der Waals surface area contributed by atoms with Gasteiger partial charge in [0.15, 0.2) is 0 Å². The van der Waals surface area contributed by atoms with Crippen molar-refractivity contribution < 1.29 is 4.79 Å². The fourth-order valence-corrected chi connectivity index (χ4v) is 3.16. The number of carbonyl (C=O) groups excluding carboxylic acids is 1. The highest BCUT2D eigenvalue weighted by Crippen LogP contribution is 2.34. The first-order valence-corrected chi connectivity index (χ1v) is 7.96. The van der Waals surface area contributed by atoms with Gasteiger partial charge in [0.05, 0.1) is 6.04 Å². The number of carbonyl (C=O) groups is 1. The van der Waals surface area contributed by atoms with Crippen molar-refractivity contribution >= 4 is 18.3 Å². The van der Waals surface area contributed by atoms with Crippen LogP contribution in [0.3, 0.4) is 0 Å². The third-order valence-corrected chi connectivity index (χ3v) is 4.65. The van der Waals surface area contributed by atoms with Gasteiger partial charge in [-0.3, -0.25) is 4.79 Å². The Labute approximate surface area is 140 Å². The maximum atomic E-state index is 12.5. The lowest BCUT2D eigenvalue weighted by atomic mass is 9.75. The molecule has 0 saturated carbocycles. The number of nitrogens with zero attached hydrogens (tertiary/aromatic N) is 1. The van der Waals surface area contributed by atoms with Gasteiger partial charge in [-0.1, -0.05) is 51.1 Å². The number of hydrogen-bond acceptors (Lipinski definition) is 2. The van der Waals surface area contributed by atoms with Crippen LogP contribution in [0.5, 0.6) is 0 Å². The molecule has 0 spiro atoms. The van der Waals surface area contributed by atoms with E-state index in [0.29, 0.717) is 17.8 Å². The number of benzene rings is 1. The summed E-state index contributed by atoms with van der Waals surface area (Å²) in [5.74, 6) is 0.804. The normalized spacial score (nSPS) is 17.7. The highest BCUT2D eigenvalue weighted by molar-refractivity contribution is 5.85. The Bertz CT molecular complexity index is 462. The van der Waals surface area contributed by atoms with Gasteiger partial charge in [-0.15, -0.1) is 12.4 Å². The molecule has 1 fully saturated rings. The van der Waals surface area contributed by atoms with Gasteiger partial charge < -0.3 is 10.6 Å². The molecule has 1 aliphatic heterocycles. The summed E-state index contributed by atoms with van der Waals surface area (Å²) in [6, 6.07) is 9.59. The summed E-state index contributed by atoms with van der Waals surface area (Å²) in [5.41, 5.74) is 7.57. The van der Waals surface area contributed by atoms with Crippen LogP contribution in [0.1, 0.15) is 39.2 Å². The predicted molar refractivity (Wildman–Crippen MR) is 94.1 cm³/mol. The molecular weight excluding hydrogens is 296 g/mol. The van der Waals surface area contributed by atoms with Crippen LogP contribution in [0.15, 0.2) is 30.3 Å². The van der Waals surface area contributed by atoms with Crippen molar-refractivity contribution in [2.24, 2.45) is 17.1 Å². The number of hydrogen-bond donors (Lipinski definition) is 1.